The second kappa shape index (κ2) is 6.86. The van der Waals surface area contributed by atoms with Crippen LogP contribution in [-0.2, 0) is 15.7 Å². The lowest BCUT2D eigenvalue weighted by Gasteiger charge is -2.45. The topological polar surface area (TPSA) is 74.9 Å². The third-order valence-electron chi connectivity index (χ3n) is 6.84. The van der Waals surface area contributed by atoms with Crippen LogP contribution in [0, 0.1) is 17.8 Å². The molecule has 0 N–H and O–H groups in total. The molecule has 1 aromatic heterocycles. The minimum absolute atomic E-state index is 0.0713. The van der Waals surface area contributed by atoms with Crippen LogP contribution in [0.4, 0.5) is 19.2 Å². The number of anilines is 1. The number of amides is 1. The Labute approximate surface area is 171 Å². The molecule has 6 rings (SSSR count). The summed E-state index contributed by atoms with van der Waals surface area (Å²) in [6, 6.07) is -0.262. The van der Waals surface area contributed by atoms with E-state index in [0.29, 0.717) is 30.6 Å². The summed E-state index contributed by atoms with van der Waals surface area (Å²) in [6.45, 7) is 7.54. The van der Waals surface area contributed by atoms with Crippen molar-refractivity contribution in [2.45, 2.75) is 38.5 Å². The molecule has 2 bridgehead atoms. The van der Waals surface area contributed by atoms with Crippen molar-refractivity contribution in [3.05, 3.63) is 17.8 Å². The molecular weight excluding hydrogens is 403 g/mol. The number of aromatic nitrogens is 2. The lowest BCUT2D eigenvalue weighted by atomic mass is 9.96. The van der Waals surface area contributed by atoms with Crippen molar-refractivity contribution in [1.29, 1.82) is 0 Å². The van der Waals surface area contributed by atoms with Crippen LogP contribution >= 0.6 is 0 Å². The molecule has 11 heteroatoms. The Bertz CT molecular complexity index is 856. The molecule has 1 aliphatic carbocycles. The summed E-state index contributed by atoms with van der Waals surface area (Å²) in [5.74, 6) is 0.599. The van der Waals surface area contributed by atoms with Gasteiger partial charge in [0, 0.05) is 38.3 Å². The monoisotopic (exact) mass is 427 g/mol. The van der Waals surface area contributed by atoms with E-state index in [1.54, 1.807) is 11.1 Å². The number of carbonyl (C=O) groups excluding carboxylic acids is 1. The minimum Gasteiger partial charge on any atom is -0.493 e. The third kappa shape index (κ3) is 3.05. The first kappa shape index (κ1) is 19.7. The molecule has 0 aromatic carbocycles. The van der Waals surface area contributed by atoms with Crippen molar-refractivity contribution >= 4 is 11.9 Å². The summed E-state index contributed by atoms with van der Waals surface area (Å²) in [4.78, 5) is 21.9. The predicted octanol–water partition coefficient (Wildman–Crippen LogP) is 1.95. The Morgan fingerprint density at radius 2 is 1.97 bits per heavy atom. The van der Waals surface area contributed by atoms with Gasteiger partial charge in [-0.1, -0.05) is 0 Å². The third-order valence-corrected chi connectivity index (χ3v) is 6.84. The second-order valence-electron chi connectivity index (χ2n) is 8.37. The number of carbonyl (C=O) groups is 1. The first-order valence-electron chi connectivity index (χ1n) is 10.4. The smallest absolute Gasteiger partial charge is 0.455 e. The Balaban J connectivity index is 1.25. The van der Waals surface area contributed by atoms with E-state index >= 15 is 0 Å². The standard InChI is InChI=1S/C19H24F3N5O3/c1-3-25(4-2)16(28)15-11-6-26(7-12(11)15)13-5-10-9-29-14(13)8-27(10)18-23-17(24-30-18)19(20,21)22/h8,10-13,15H,3-7,9H2,1-2H3/t10?,11-,12+,13?,15+. The molecule has 3 fully saturated rings. The number of hydrogen-bond acceptors (Lipinski definition) is 7. The van der Waals surface area contributed by atoms with Gasteiger partial charge in [-0.2, -0.15) is 18.2 Å². The Hall–Kier alpha value is -2.30. The van der Waals surface area contributed by atoms with Crippen LogP contribution in [0.1, 0.15) is 26.1 Å². The van der Waals surface area contributed by atoms with E-state index in [1.807, 2.05) is 18.7 Å². The number of fused-ring (bicyclic) bond motifs is 4. The number of ether oxygens (including phenoxy) is 1. The number of piperidine rings is 1. The number of rotatable bonds is 5. The molecule has 2 unspecified atom stereocenters. The SMILES string of the molecule is CCN(CC)C(=O)[C@H]1[C@@H]2CN(C3CC4COC3=CN4c3nc(C(F)(F)F)no3)C[C@@H]21. The molecule has 1 amide bonds. The molecule has 2 saturated heterocycles. The maximum Gasteiger partial charge on any atom is 0.455 e. The first-order chi connectivity index (χ1) is 14.3. The van der Waals surface area contributed by atoms with Gasteiger partial charge in [0.1, 0.15) is 12.4 Å². The van der Waals surface area contributed by atoms with Crippen molar-refractivity contribution < 1.29 is 27.2 Å². The van der Waals surface area contributed by atoms with Crippen LogP contribution in [0.15, 0.2) is 16.5 Å². The quantitative estimate of drug-likeness (QED) is 0.711. The Kier molecular flexibility index (Phi) is 4.49. The Morgan fingerprint density at radius 1 is 1.27 bits per heavy atom. The summed E-state index contributed by atoms with van der Waals surface area (Å²) in [5.41, 5.74) is 0. The van der Waals surface area contributed by atoms with Crippen LogP contribution in [-0.4, -0.2) is 70.7 Å². The number of nitrogens with zero attached hydrogens (tertiary/aromatic N) is 5. The van der Waals surface area contributed by atoms with E-state index in [9.17, 15) is 18.0 Å². The fraction of sp³-hybridized carbons (Fsp3) is 0.737. The number of alkyl halides is 3. The van der Waals surface area contributed by atoms with Gasteiger partial charge in [-0.15, -0.1) is 0 Å². The van der Waals surface area contributed by atoms with Crippen molar-refractivity contribution in [2.24, 2.45) is 17.8 Å². The Morgan fingerprint density at radius 3 is 2.50 bits per heavy atom. The molecule has 164 valence electrons. The molecular formula is C19H24F3N5O3. The van der Waals surface area contributed by atoms with Gasteiger partial charge in [-0.25, -0.2) is 0 Å². The maximum absolute atomic E-state index is 12.8. The van der Waals surface area contributed by atoms with Gasteiger partial charge in [0.2, 0.25) is 5.91 Å². The van der Waals surface area contributed by atoms with E-state index in [4.69, 9.17) is 9.26 Å². The second-order valence-corrected chi connectivity index (χ2v) is 8.37. The highest BCUT2D eigenvalue weighted by Crippen LogP contribution is 2.54. The highest BCUT2D eigenvalue weighted by molar-refractivity contribution is 5.82. The number of halogens is 3. The molecule has 1 aromatic rings. The number of hydrogen-bond donors (Lipinski definition) is 0. The van der Waals surface area contributed by atoms with E-state index in [1.165, 1.54) is 0 Å². The fourth-order valence-electron chi connectivity index (χ4n) is 5.19. The van der Waals surface area contributed by atoms with Gasteiger partial charge in [0.15, 0.2) is 0 Å². The molecule has 1 saturated carbocycles. The molecule has 5 heterocycles. The zero-order valence-electron chi connectivity index (χ0n) is 16.8. The van der Waals surface area contributed by atoms with Gasteiger partial charge in [0.25, 0.3) is 5.82 Å². The van der Waals surface area contributed by atoms with Crippen molar-refractivity contribution in [2.75, 3.05) is 37.7 Å². The van der Waals surface area contributed by atoms with Gasteiger partial charge < -0.3 is 14.2 Å². The zero-order chi connectivity index (χ0) is 21.2. The lowest BCUT2D eigenvalue weighted by molar-refractivity contribution is -0.146. The van der Waals surface area contributed by atoms with Crippen LogP contribution in [0.5, 0.6) is 0 Å². The molecule has 0 radical (unpaired) electrons. The van der Waals surface area contributed by atoms with Crippen LogP contribution in [0.3, 0.4) is 0 Å². The molecule has 4 aliphatic heterocycles. The van der Waals surface area contributed by atoms with Gasteiger partial charge in [-0.3, -0.25) is 14.6 Å². The van der Waals surface area contributed by atoms with Crippen molar-refractivity contribution in [3.63, 3.8) is 0 Å². The highest BCUT2D eigenvalue weighted by Gasteiger charge is 2.61. The number of likely N-dealkylation sites (tertiary alicyclic amines) is 1. The summed E-state index contributed by atoms with van der Waals surface area (Å²) >= 11 is 0. The van der Waals surface area contributed by atoms with Crippen molar-refractivity contribution in [1.82, 2.24) is 19.9 Å². The van der Waals surface area contributed by atoms with E-state index in [-0.39, 0.29) is 29.9 Å². The summed E-state index contributed by atoms with van der Waals surface area (Å²) in [5, 5.41) is 3.04. The molecule has 5 aliphatic rings. The lowest BCUT2D eigenvalue weighted by Crippen LogP contribution is -2.53. The van der Waals surface area contributed by atoms with Gasteiger partial charge in [0.05, 0.1) is 12.1 Å². The molecule has 8 nitrogen and oxygen atoms in total. The predicted molar refractivity (Wildman–Crippen MR) is 98.0 cm³/mol. The van der Waals surface area contributed by atoms with Crippen LogP contribution < -0.4 is 4.90 Å². The molecule has 0 spiro atoms. The maximum atomic E-state index is 12.8. The fourth-order valence-corrected chi connectivity index (χ4v) is 5.19. The van der Waals surface area contributed by atoms with Crippen LogP contribution in [0.2, 0.25) is 0 Å². The summed E-state index contributed by atoms with van der Waals surface area (Å²) < 4.78 is 49.0. The van der Waals surface area contributed by atoms with E-state index in [0.717, 1.165) is 26.2 Å². The highest BCUT2D eigenvalue weighted by atomic mass is 19.4. The van der Waals surface area contributed by atoms with Gasteiger partial charge >= 0.3 is 12.2 Å². The summed E-state index contributed by atoms with van der Waals surface area (Å²) in [7, 11) is 0. The first-order valence-corrected chi connectivity index (χ1v) is 10.4. The van der Waals surface area contributed by atoms with Crippen molar-refractivity contribution in [3.8, 4) is 0 Å². The largest absolute Gasteiger partial charge is 0.493 e. The zero-order valence-corrected chi connectivity index (χ0v) is 16.8. The average Bonchev–Trinajstić information content (AvgIpc) is 3.10. The van der Waals surface area contributed by atoms with E-state index < -0.39 is 12.0 Å². The van der Waals surface area contributed by atoms with Gasteiger partial charge in [-0.05, 0) is 37.3 Å². The molecule has 5 atom stereocenters. The summed E-state index contributed by atoms with van der Waals surface area (Å²) in [6.07, 6.45) is -2.25. The average molecular weight is 427 g/mol. The molecule has 30 heavy (non-hydrogen) atoms. The minimum atomic E-state index is -4.64. The van der Waals surface area contributed by atoms with Crippen LogP contribution in [0.25, 0.3) is 0 Å². The normalized spacial score (nSPS) is 32.6. The van der Waals surface area contributed by atoms with E-state index in [2.05, 4.69) is 15.0 Å².